The number of ether oxygens (including phenoxy) is 1. The van der Waals surface area contributed by atoms with Crippen LogP contribution < -0.4 is 10.1 Å². The van der Waals surface area contributed by atoms with Crippen LogP contribution >= 0.6 is 0 Å². The summed E-state index contributed by atoms with van der Waals surface area (Å²) >= 11 is 0. The maximum Gasteiger partial charge on any atom is 0.126 e. The van der Waals surface area contributed by atoms with Gasteiger partial charge in [0.05, 0.1) is 19.9 Å². The highest BCUT2D eigenvalue weighted by atomic mass is 16.5. The van der Waals surface area contributed by atoms with Crippen molar-refractivity contribution in [2.45, 2.75) is 26.4 Å². The maximum absolute atomic E-state index is 5.32. The van der Waals surface area contributed by atoms with Crippen molar-refractivity contribution in [1.82, 2.24) is 15.1 Å². The average molecular weight is 285 g/mol. The number of aromatic nitrogens is 2. The number of aryl methyl sites for hydroxylation is 1. The van der Waals surface area contributed by atoms with Gasteiger partial charge in [0, 0.05) is 24.3 Å². The van der Waals surface area contributed by atoms with Gasteiger partial charge in [-0.1, -0.05) is 30.4 Å². The Morgan fingerprint density at radius 1 is 1.38 bits per heavy atom. The van der Waals surface area contributed by atoms with Gasteiger partial charge >= 0.3 is 0 Å². The molecule has 0 bridgehead atoms. The lowest BCUT2D eigenvalue weighted by Crippen LogP contribution is -2.30. The van der Waals surface area contributed by atoms with Crippen LogP contribution in [0.15, 0.2) is 42.7 Å². The van der Waals surface area contributed by atoms with Crippen LogP contribution in [-0.4, -0.2) is 29.5 Å². The van der Waals surface area contributed by atoms with Crippen LogP contribution in [0.2, 0.25) is 0 Å². The zero-order chi connectivity index (χ0) is 15.1. The molecule has 1 atom stereocenters. The number of para-hydroxylation sites is 1. The molecule has 0 amide bonds. The fourth-order valence-electron chi connectivity index (χ4n) is 2.17. The molecule has 112 valence electrons. The van der Waals surface area contributed by atoms with Crippen molar-refractivity contribution in [2.75, 3.05) is 13.7 Å². The van der Waals surface area contributed by atoms with Gasteiger partial charge in [-0.3, -0.25) is 4.68 Å². The molecule has 0 spiro atoms. The van der Waals surface area contributed by atoms with E-state index in [0.717, 1.165) is 24.4 Å². The first-order valence-electron chi connectivity index (χ1n) is 7.21. The summed E-state index contributed by atoms with van der Waals surface area (Å²) in [5.41, 5.74) is 2.29. The topological polar surface area (TPSA) is 39.1 Å². The minimum Gasteiger partial charge on any atom is -0.496 e. The molecule has 4 heteroatoms. The van der Waals surface area contributed by atoms with Crippen LogP contribution in [0.4, 0.5) is 0 Å². The quantitative estimate of drug-likeness (QED) is 0.850. The Bertz CT molecular complexity index is 589. The van der Waals surface area contributed by atoms with Crippen molar-refractivity contribution in [1.29, 1.82) is 0 Å². The number of benzene rings is 1. The standard InChI is InChI=1S/C17H23N3O/c1-14-11-19-20(12-14)13-15(2)18-10-6-8-16-7-4-5-9-17(16)21-3/h4-9,11-12,15,18H,10,13H2,1-3H3/b8-6-/t15-/m1/s1. The van der Waals surface area contributed by atoms with Gasteiger partial charge < -0.3 is 10.1 Å². The van der Waals surface area contributed by atoms with Crippen LogP contribution in [0.3, 0.4) is 0 Å². The Morgan fingerprint density at radius 2 is 2.19 bits per heavy atom. The molecule has 0 aliphatic heterocycles. The first-order chi connectivity index (χ1) is 10.2. The lowest BCUT2D eigenvalue weighted by molar-refractivity contribution is 0.414. The molecule has 0 unspecified atom stereocenters. The number of rotatable bonds is 7. The molecular weight excluding hydrogens is 262 g/mol. The second-order valence-corrected chi connectivity index (χ2v) is 5.19. The molecule has 2 rings (SSSR count). The first kappa shape index (κ1) is 15.3. The summed E-state index contributed by atoms with van der Waals surface area (Å²) in [6.07, 6.45) is 8.14. The van der Waals surface area contributed by atoms with E-state index in [1.54, 1.807) is 7.11 Å². The highest BCUT2D eigenvalue weighted by Gasteiger charge is 2.02. The third-order valence-electron chi connectivity index (χ3n) is 3.24. The number of nitrogens with zero attached hydrogens (tertiary/aromatic N) is 2. The van der Waals surface area contributed by atoms with Crippen LogP contribution in [0.5, 0.6) is 5.75 Å². The molecule has 0 saturated heterocycles. The molecule has 2 aromatic rings. The molecule has 4 nitrogen and oxygen atoms in total. The Kier molecular flexibility index (Phi) is 5.58. The minimum atomic E-state index is 0.367. The molecule has 1 heterocycles. The fraction of sp³-hybridized carbons (Fsp3) is 0.353. The van der Waals surface area contributed by atoms with Gasteiger partial charge in [0.2, 0.25) is 0 Å². The van der Waals surface area contributed by atoms with E-state index in [-0.39, 0.29) is 0 Å². The molecule has 0 radical (unpaired) electrons. The summed E-state index contributed by atoms with van der Waals surface area (Å²) in [5, 5.41) is 7.76. The number of hydrogen-bond donors (Lipinski definition) is 1. The highest BCUT2D eigenvalue weighted by Crippen LogP contribution is 2.18. The second kappa shape index (κ2) is 7.64. The zero-order valence-electron chi connectivity index (χ0n) is 12.9. The van der Waals surface area contributed by atoms with E-state index in [0.29, 0.717) is 6.04 Å². The normalized spacial score (nSPS) is 12.7. The summed E-state index contributed by atoms with van der Waals surface area (Å²) in [6.45, 7) is 5.90. The van der Waals surface area contributed by atoms with Crippen molar-refractivity contribution < 1.29 is 4.74 Å². The molecule has 0 aliphatic carbocycles. The molecule has 0 aliphatic rings. The largest absolute Gasteiger partial charge is 0.496 e. The van der Waals surface area contributed by atoms with Crippen LogP contribution in [0.1, 0.15) is 18.1 Å². The third kappa shape index (κ3) is 4.76. The van der Waals surface area contributed by atoms with Gasteiger partial charge in [0.1, 0.15) is 5.75 Å². The first-order valence-corrected chi connectivity index (χ1v) is 7.21. The van der Waals surface area contributed by atoms with E-state index in [9.17, 15) is 0 Å². The monoisotopic (exact) mass is 285 g/mol. The van der Waals surface area contributed by atoms with Crippen molar-refractivity contribution in [3.8, 4) is 5.75 Å². The Morgan fingerprint density at radius 3 is 2.90 bits per heavy atom. The lowest BCUT2D eigenvalue weighted by atomic mass is 10.2. The second-order valence-electron chi connectivity index (χ2n) is 5.19. The van der Waals surface area contributed by atoms with Crippen LogP contribution in [0.25, 0.3) is 6.08 Å². The predicted molar refractivity (Wildman–Crippen MR) is 86.5 cm³/mol. The maximum atomic E-state index is 5.32. The number of hydrogen-bond acceptors (Lipinski definition) is 3. The van der Waals surface area contributed by atoms with E-state index in [2.05, 4.69) is 42.6 Å². The summed E-state index contributed by atoms with van der Waals surface area (Å²) in [5.74, 6) is 0.897. The summed E-state index contributed by atoms with van der Waals surface area (Å²) in [4.78, 5) is 0. The van der Waals surface area contributed by atoms with Crippen LogP contribution in [0, 0.1) is 6.92 Å². The molecule has 1 N–H and O–H groups in total. The zero-order valence-corrected chi connectivity index (χ0v) is 12.9. The Balaban J connectivity index is 1.79. The SMILES string of the molecule is COc1ccccc1/C=C\CN[C@H](C)Cn1cc(C)cn1. The molecule has 21 heavy (non-hydrogen) atoms. The molecule has 1 aromatic heterocycles. The van der Waals surface area contributed by atoms with Gasteiger partial charge in [-0.15, -0.1) is 0 Å². The summed E-state index contributed by atoms with van der Waals surface area (Å²) in [6, 6.07) is 8.37. The van der Waals surface area contributed by atoms with Gasteiger partial charge in [-0.2, -0.15) is 5.10 Å². The van der Waals surface area contributed by atoms with E-state index >= 15 is 0 Å². The lowest BCUT2D eigenvalue weighted by Gasteiger charge is -2.12. The van der Waals surface area contributed by atoms with Gasteiger partial charge in [-0.25, -0.2) is 0 Å². The molecule has 0 saturated carbocycles. The molecule has 0 fully saturated rings. The highest BCUT2D eigenvalue weighted by molar-refractivity contribution is 5.57. The van der Waals surface area contributed by atoms with E-state index in [1.807, 2.05) is 35.1 Å². The van der Waals surface area contributed by atoms with Crippen molar-refractivity contribution in [3.63, 3.8) is 0 Å². The van der Waals surface area contributed by atoms with E-state index in [4.69, 9.17) is 4.74 Å². The van der Waals surface area contributed by atoms with Gasteiger partial charge in [-0.05, 0) is 25.5 Å². The predicted octanol–water partition coefficient (Wildman–Crippen LogP) is 2.89. The smallest absolute Gasteiger partial charge is 0.126 e. The fourth-order valence-corrected chi connectivity index (χ4v) is 2.17. The number of nitrogens with one attached hydrogen (secondary N) is 1. The van der Waals surface area contributed by atoms with E-state index in [1.165, 1.54) is 5.56 Å². The van der Waals surface area contributed by atoms with E-state index < -0.39 is 0 Å². The minimum absolute atomic E-state index is 0.367. The third-order valence-corrected chi connectivity index (χ3v) is 3.24. The Hall–Kier alpha value is -2.07. The molecular formula is C17H23N3O. The summed E-state index contributed by atoms with van der Waals surface area (Å²) in [7, 11) is 1.69. The Labute approximate surface area is 126 Å². The van der Waals surface area contributed by atoms with Gasteiger partial charge in [0.25, 0.3) is 0 Å². The van der Waals surface area contributed by atoms with Crippen molar-refractivity contribution in [2.24, 2.45) is 0 Å². The number of methoxy groups -OCH3 is 1. The molecule has 1 aromatic carbocycles. The average Bonchev–Trinajstić information content (AvgIpc) is 2.89. The van der Waals surface area contributed by atoms with Crippen molar-refractivity contribution >= 4 is 6.08 Å². The van der Waals surface area contributed by atoms with Gasteiger partial charge in [0.15, 0.2) is 0 Å². The summed E-state index contributed by atoms with van der Waals surface area (Å²) < 4.78 is 7.29. The van der Waals surface area contributed by atoms with Crippen molar-refractivity contribution in [3.05, 3.63) is 53.9 Å². The van der Waals surface area contributed by atoms with Crippen LogP contribution in [-0.2, 0) is 6.54 Å².